The molecule has 2 aliphatic heterocycles. The number of amides is 1. The van der Waals surface area contributed by atoms with E-state index < -0.39 is 6.43 Å². The molecule has 2 aromatic rings. The van der Waals surface area contributed by atoms with Crippen LogP contribution in [-0.4, -0.2) is 52.1 Å². The minimum atomic E-state index is -2.66. The predicted octanol–water partition coefficient (Wildman–Crippen LogP) is 5.43. The van der Waals surface area contributed by atoms with E-state index in [1.54, 1.807) is 42.0 Å². The van der Waals surface area contributed by atoms with Gasteiger partial charge < -0.3 is 15.1 Å². The van der Waals surface area contributed by atoms with E-state index in [1.807, 2.05) is 11.0 Å². The third kappa shape index (κ3) is 5.70. The van der Waals surface area contributed by atoms with Crippen LogP contribution in [0, 0.1) is 5.41 Å². The van der Waals surface area contributed by atoms with E-state index in [2.05, 4.69) is 24.3 Å². The minimum absolute atomic E-state index is 0.0231. The Kier molecular flexibility index (Phi) is 8.29. The number of anilines is 1. The molecule has 0 spiro atoms. The van der Waals surface area contributed by atoms with Gasteiger partial charge in [0.15, 0.2) is 0 Å². The number of fused-ring (bicyclic) bond motifs is 1. The standard InChI is InChI=1S/C28H38F2N6O/c1-5-8-21(6-2)33-25-10-12-35(18(3)37)17-24(25)28(31)36-11-7-9-19-13-22(20-15-32-34(4)16-20)23(27(29)30)14-26(19)36/h13-16,21,27,31,33H,5-12,17H2,1-4H3/t21-/m1/s1. The maximum absolute atomic E-state index is 14.3. The van der Waals surface area contributed by atoms with Gasteiger partial charge in [-0.3, -0.25) is 14.9 Å². The quantitative estimate of drug-likeness (QED) is 0.365. The Bertz CT molecular complexity index is 1190. The molecule has 200 valence electrons. The zero-order chi connectivity index (χ0) is 26.7. The number of carbonyl (C=O) groups excluding carboxylic acids is 1. The number of aryl methyl sites for hydroxylation is 2. The first-order chi connectivity index (χ1) is 17.7. The Balaban J connectivity index is 1.75. The van der Waals surface area contributed by atoms with Crippen molar-refractivity contribution in [1.29, 1.82) is 5.41 Å². The molecule has 0 bridgehead atoms. The topological polar surface area (TPSA) is 77.2 Å². The highest BCUT2D eigenvalue weighted by molar-refractivity contribution is 6.09. The minimum Gasteiger partial charge on any atom is -0.385 e. The number of rotatable bonds is 8. The lowest BCUT2D eigenvalue weighted by Gasteiger charge is -2.38. The van der Waals surface area contributed by atoms with Crippen LogP contribution in [0.4, 0.5) is 14.5 Å². The Morgan fingerprint density at radius 3 is 2.62 bits per heavy atom. The average molecular weight is 513 g/mol. The summed E-state index contributed by atoms with van der Waals surface area (Å²) in [6, 6.07) is 3.70. The van der Waals surface area contributed by atoms with Crippen molar-refractivity contribution in [3.63, 3.8) is 0 Å². The van der Waals surface area contributed by atoms with Crippen molar-refractivity contribution < 1.29 is 13.6 Å². The highest BCUT2D eigenvalue weighted by Crippen LogP contribution is 2.39. The number of halogens is 2. The second kappa shape index (κ2) is 11.4. The maximum Gasteiger partial charge on any atom is 0.264 e. The van der Waals surface area contributed by atoms with Crippen molar-refractivity contribution in [3.05, 3.63) is 46.9 Å². The van der Waals surface area contributed by atoms with E-state index >= 15 is 0 Å². The zero-order valence-corrected chi connectivity index (χ0v) is 22.3. The van der Waals surface area contributed by atoms with E-state index in [0.717, 1.165) is 48.9 Å². The van der Waals surface area contributed by atoms with E-state index in [-0.39, 0.29) is 17.3 Å². The van der Waals surface area contributed by atoms with Gasteiger partial charge in [0.05, 0.1) is 12.7 Å². The smallest absolute Gasteiger partial charge is 0.264 e. The zero-order valence-electron chi connectivity index (χ0n) is 22.3. The Morgan fingerprint density at radius 1 is 1.22 bits per heavy atom. The molecule has 1 atom stereocenters. The summed E-state index contributed by atoms with van der Waals surface area (Å²) >= 11 is 0. The van der Waals surface area contributed by atoms with Gasteiger partial charge in [-0.2, -0.15) is 5.10 Å². The molecule has 0 aliphatic carbocycles. The molecule has 0 unspecified atom stereocenters. The van der Waals surface area contributed by atoms with Gasteiger partial charge in [0.2, 0.25) is 5.91 Å². The number of nitrogens with one attached hydrogen (secondary N) is 2. The summed E-state index contributed by atoms with van der Waals surface area (Å²) < 4.78 is 30.1. The second-order valence-electron chi connectivity index (χ2n) is 10.1. The fourth-order valence-electron chi connectivity index (χ4n) is 5.42. The van der Waals surface area contributed by atoms with Gasteiger partial charge in [0.1, 0.15) is 5.84 Å². The number of alkyl halides is 2. The molecular weight excluding hydrogens is 474 g/mol. The SMILES string of the molecule is CCC[C@@H](CC)NC1=C(C(=N)N2CCCc3cc(-c4cnn(C)c4)c(C(F)F)cc32)CN(C(C)=O)CC1. The van der Waals surface area contributed by atoms with Crippen LogP contribution in [0.25, 0.3) is 11.1 Å². The molecule has 0 fully saturated rings. The molecule has 1 amide bonds. The number of hydrogen-bond acceptors (Lipinski definition) is 4. The molecule has 0 radical (unpaired) electrons. The highest BCUT2D eigenvalue weighted by atomic mass is 19.3. The van der Waals surface area contributed by atoms with Crippen LogP contribution in [-0.2, 0) is 18.3 Å². The molecule has 9 heteroatoms. The summed E-state index contributed by atoms with van der Waals surface area (Å²) in [5.41, 5.74) is 4.48. The van der Waals surface area contributed by atoms with Gasteiger partial charge in [-0.25, -0.2) is 8.78 Å². The summed E-state index contributed by atoms with van der Waals surface area (Å²) in [6.45, 7) is 7.39. The van der Waals surface area contributed by atoms with Crippen molar-refractivity contribution in [3.8, 4) is 11.1 Å². The number of aromatic nitrogens is 2. The average Bonchev–Trinajstić information content (AvgIpc) is 3.32. The van der Waals surface area contributed by atoms with E-state index in [0.29, 0.717) is 48.9 Å². The van der Waals surface area contributed by atoms with Crippen LogP contribution in [0.5, 0.6) is 0 Å². The largest absolute Gasteiger partial charge is 0.385 e. The number of benzene rings is 1. The highest BCUT2D eigenvalue weighted by Gasteiger charge is 2.31. The van der Waals surface area contributed by atoms with Gasteiger partial charge in [-0.15, -0.1) is 0 Å². The summed E-state index contributed by atoms with van der Waals surface area (Å²) in [5.74, 6) is 0.264. The lowest BCUT2D eigenvalue weighted by molar-refractivity contribution is -0.128. The van der Waals surface area contributed by atoms with Crippen molar-refractivity contribution in [2.24, 2.45) is 7.05 Å². The normalized spacial score (nSPS) is 16.7. The molecule has 2 N–H and O–H groups in total. The van der Waals surface area contributed by atoms with Gasteiger partial charge in [-0.1, -0.05) is 20.3 Å². The van der Waals surface area contributed by atoms with Crippen molar-refractivity contribution in [1.82, 2.24) is 20.0 Å². The third-order valence-corrected chi connectivity index (χ3v) is 7.47. The lowest BCUT2D eigenvalue weighted by Crippen LogP contribution is -2.46. The van der Waals surface area contributed by atoms with E-state index in [1.165, 1.54) is 0 Å². The first-order valence-corrected chi connectivity index (χ1v) is 13.3. The lowest BCUT2D eigenvalue weighted by atomic mass is 9.92. The van der Waals surface area contributed by atoms with E-state index in [4.69, 9.17) is 0 Å². The van der Waals surface area contributed by atoms with Crippen LogP contribution >= 0.6 is 0 Å². The van der Waals surface area contributed by atoms with Gasteiger partial charge in [0, 0.05) is 73.8 Å². The monoisotopic (exact) mass is 512 g/mol. The summed E-state index contributed by atoms with van der Waals surface area (Å²) in [6.07, 6.45) is 5.98. The van der Waals surface area contributed by atoms with Crippen molar-refractivity contribution >= 4 is 17.4 Å². The van der Waals surface area contributed by atoms with Crippen LogP contribution in [0.15, 0.2) is 35.8 Å². The molecule has 0 saturated carbocycles. The van der Waals surface area contributed by atoms with Crippen molar-refractivity contribution in [2.45, 2.75) is 71.8 Å². The number of hydrogen-bond donors (Lipinski definition) is 2. The molecule has 7 nitrogen and oxygen atoms in total. The van der Waals surface area contributed by atoms with Gasteiger partial charge >= 0.3 is 0 Å². The Labute approximate surface area is 218 Å². The molecule has 3 heterocycles. The molecular formula is C28H38F2N6O. The fraction of sp³-hybridized carbons (Fsp3) is 0.536. The molecule has 37 heavy (non-hydrogen) atoms. The molecule has 0 saturated heterocycles. The van der Waals surface area contributed by atoms with Gasteiger partial charge in [-0.05, 0) is 48.9 Å². The molecule has 1 aromatic carbocycles. The summed E-state index contributed by atoms with van der Waals surface area (Å²) in [5, 5.41) is 17.1. The maximum atomic E-state index is 14.3. The summed E-state index contributed by atoms with van der Waals surface area (Å²) in [7, 11) is 1.77. The van der Waals surface area contributed by atoms with E-state index in [9.17, 15) is 19.0 Å². The Hall–Kier alpha value is -3.23. The Morgan fingerprint density at radius 2 is 2.00 bits per heavy atom. The third-order valence-electron chi connectivity index (χ3n) is 7.47. The van der Waals surface area contributed by atoms with Crippen LogP contribution in [0.3, 0.4) is 0 Å². The molecule has 2 aliphatic rings. The van der Waals surface area contributed by atoms with Gasteiger partial charge in [0.25, 0.3) is 6.43 Å². The van der Waals surface area contributed by atoms with Crippen molar-refractivity contribution in [2.75, 3.05) is 24.5 Å². The summed E-state index contributed by atoms with van der Waals surface area (Å²) in [4.78, 5) is 15.9. The van der Waals surface area contributed by atoms with Crippen LogP contribution < -0.4 is 10.2 Å². The molecule has 1 aromatic heterocycles. The fourth-order valence-corrected chi connectivity index (χ4v) is 5.42. The van der Waals surface area contributed by atoms with Crippen LogP contribution in [0.1, 0.15) is 70.4 Å². The first kappa shape index (κ1) is 26.8. The van der Waals surface area contributed by atoms with Crippen LogP contribution in [0.2, 0.25) is 0 Å². The second-order valence-corrected chi connectivity index (χ2v) is 10.1. The number of amidine groups is 1. The number of carbonyl (C=O) groups is 1. The first-order valence-electron chi connectivity index (χ1n) is 13.3. The number of nitrogens with zero attached hydrogens (tertiary/aromatic N) is 4. The predicted molar refractivity (Wildman–Crippen MR) is 143 cm³/mol. The molecule has 4 rings (SSSR count).